The quantitative estimate of drug-likeness (QED) is 0.544. The number of thiophene rings is 1. The van der Waals surface area contributed by atoms with Crippen LogP contribution in [0.3, 0.4) is 0 Å². The number of ether oxygens (including phenoxy) is 1. The first-order valence-corrected chi connectivity index (χ1v) is 9.99. The summed E-state index contributed by atoms with van der Waals surface area (Å²) in [7, 11) is 0. The molecule has 0 spiro atoms. The number of aryl methyl sites for hydroxylation is 2. The van der Waals surface area contributed by atoms with E-state index in [0.29, 0.717) is 17.4 Å². The van der Waals surface area contributed by atoms with Gasteiger partial charge in [0.1, 0.15) is 12.4 Å². The van der Waals surface area contributed by atoms with Crippen LogP contribution in [0.4, 0.5) is 5.69 Å². The number of carbonyl (C=O) groups excluding carboxylic acids is 1. The highest BCUT2D eigenvalue weighted by Gasteiger charge is 2.10. The molecule has 2 aromatic carbocycles. The molecule has 3 nitrogen and oxygen atoms in total. The lowest BCUT2D eigenvalue weighted by atomic mass is 10.0. The number of anilines is 1. The lowest BCUT2D eigenvalue weighted by Gasteiger charge is -2.08. The standard InChI is InChI=1S/C23H25NO2S/c1-15(2)19-6-9-21(10-7-19)26-13-18-12-22(27-14-18)23(25)24-20-8-5-16(3)17(4)11-20/h5-12,14-15H,13H2,1-4H3,(H,24,25). The van der Waals surface area contributed by atoms with E-state index in [1.807, 2.05) is 48.7 Å². The third kappa shape index (κ3) is 4.98. The molecule has 27 heavy (non-hydrogen) atoms. The summed E-state index contributed by atoms with van der Waals surface area (Å²) in [5, 5.41) is 4.93. The van der Waals surface area contributed by atoms with E-state index in [1.54, 1.807) is 0 Å². The van der Waals surface area contributed by atoms with Crippen LogP contribution in [0.15, 0.2) is 53.9 Å². The average Bonchev–Trinajstić information content (AvgIpc) is 3.12. The van der Waals surface area contributed by atoms with Gasteiger partial charge in [-0.3, -0.25) is 4.79 Å². The molecule has 3 aromatic rings. The van der Waals surface area contributed by atoms with Crippen molar-refractivity contribution in [1.82, 2.24) is 0 Å². The smallest absolute Gasteiger partial charge is 0.265 e. The van der Waals surface area contributed by atoms with Crippen LogP contribution in [0.25, 0.3) is 0 Å². The Balaban J connectivity index is 1.58. The predicted octanol–water partition coefficient (Wildman–Crippen LogP) is 6.32. The topological polar surface area (TPSA) is 38.3 Å². The van der Waals surface area contributed by atoms with Gasteiger partial charge in [-0.25, -0.2) is 0 Å². The predicted molar refractivity (Wildman–Crippen MR) is 113 cm³/mol. The molecule has 4 heteroatoms. The molecule has 1 N–H and O–H groups in total. The Bertz CT molecular complexity index is 926. The fraction of sp³-hybridized carbons (Fsp3) is 0.261. The second-order valence-corrected chi connectivity index (χ2v) is 8.00. The molecule has 1 aromatic heterocycles. The minimum Gasteiger partial charge on any atom is -0.489 e. The number of rotatable bonds is 6. The molecule has 0 aliphatic rings. The first-order chi connectivity index (χ1) is 12.9. The molecular formula is C23H25NO2S. The Morgan fingerprint density at radius 2 is 1.78 bits per heavy atom. The van der Waals surface area contributed by atoms with Crippen molar-refractivity contribution < 1.29 is 9.53 Å². The highest BCUT2D eigenvalue weighted by Crippen LogP contribution is 2.22. The summed E-state index contributed by atoms with van der Waals surface area (Å²) in [6.45, 7) is 8.90. The molecule has 3 rings (SSSR count). The summed E-state index contributed by atoms with van der Waals surface area (Å²) in [6.07, 6.45) is 0. The van der Waals surface area contributed by atoms with E-state index < -0.39 is 0 Å². The Morgan fingerprint density at radius 3 is 2.44 bits per heavy atom. The molecule has 0 aliphatic heterocycles. The van der Waals surface area contributed by atoms with Gasteiger partial charge in [-0.15, -0.1) is 11.3 Å². The van der Waals surface area contributed by atoms with Crippen molar-refractivity contribution in [2.24, 2.45) is 0 Å². The zero-order valence-corrected chi connectivity index (χ0v) is 17.0. The Labute approximate surface area is 165 Å². The van der Waals surface area contributed by atoms with Crippen LogP contribution >= 0.6 is 11.3 Å². The fourth-order valence-electron chi connectivity index (χ4n) is 2.70. The van der Waals surface area contributed by atoms with E-state index in [1.165, 1.54) is 22.5 Å². The van der Waals surface area contributed by atoms with E-state index in [4.69, 9.17) is 4.74 Å². The van der Waals surface area contributed by atoms with Gasteiger partial charge in [0.25, 0.3) is 5.91 Å². The summed E-state index contributed by atoms with van der Waals surface area (Å²) >= 11 is 1.43. The van der Waals surface area contributed by atoms with E-state index >= 15 is 0 Å². The average molecular weight is 380 g/mol. The third-order valence-corrected chi connectivity index (χ3v) is 5.57. The molecule has 1 heterocycles. The molecule has 1 amide bonds. The normalized spacial score (nSPS) is 10.9. The minimum absolute atomic E-state index is 0.0872. The van der Waals surface area contributed by atoms with Gasteiger partial charge in [-0.2, -0.15) is 0 Å². The fourth-order valence-corrected chi connectivity index (χ4v) is 3.49. The number of nitrogens with one attached hydrogen (secondary N) is 1. The maximum atomic E-state index is 12.5. The maximum Gasteiger partial charge on any atom is 0.265 e. The van der Waals surface area contributed by atoms with Crippen LogP contribution in [0, 0.1) is 13.8 Å². The van der Waals surface area contributed by atoms with E-state index in [9.17, 15) is 4.79 Å². The van der Waals surface area contributed by atoms with Gasteiger partial charge in [-0.1, -0.05) is 32.0 Å². The summed E-state index contributed by atoms with van der Waals surface area (Å²) in [5.41, 5.74) is 5.49. The van der Waals surface area contributed by atoms with Crippen molar-refractivity contribution in [3.8, 4) is 5.75 Å². The number of hydrogen-bond acceptors (Lipinski definition) is 3. The molecule has 0 atom stereocenters. The second kappa shape index (κ2) is 8.40. The van der Waals surface area contributed by atoms with Gasteiger partial charge in [0, 0.05) is 11.3 Å². The monoisotopic (exact) mass is 379 g/mol. The van der Waals surface area contributed by atoms with Crippen LogP contribution in [-0.2, 0) is 6.61 Å². The highest BCUT2D eigenvalue weighted by atomic mass is 32.1. The van der Waals surface area contributed by atoms with Crippen molar-refractivity contribution in [2.75, 3.05) is 5.32 Å². The van der Waals surface area contributed by atoms with Gasteiger partial charge >= 0.3 is 0 Å². The molecule has 0 unspecified atom stereocenters. The highest BCUT2D eigenvalue weighted by molar-refractivity contribution is 7.12. The maximum absolute atomic E-state index is 12.5. The van der Waals surface area contributed by atoms with Crippen LogP contribution in [-0.4, -0.2) is 5.91 Å². The summed E-state index contributed by atoms with van der Waals surface area (Å²) in [4.78, 5) is 13.1. The summed E-state index contributed by atoms with van der Waals surface area (Å²) in [5.74, 6) is 1.26. The van der Waals surface area contributed by atoms with Crippen molar-refractivity contribution in [2.45, 2.75) is 40.2 Å². The Morgan fingerprint density at radius 1 is 1.04 bits per heavy atom. The first-order valence-electron chi connectivity index (χ1n) is 9.11. The van der Waals surface area contributed by atoms with Crippen molar-refractivity contribution in [3.63, 3.8) is 0 Å². The minimum atomic E-state index is -0.0872. The molecule has 140 valence electrons. The van der Waals surface area contributed by atoms with E-state index in [-0.39, 0.29) is 5.91 Å². The second-order valence-electron chi connectivity index (χ2n) is 7.08. The van der Waals surface area contributed by atoms with Crippen LogP contribution in [0.1, 0.15) is 51.7 Å². The number of amides is 1. The van der Waals surface area contributed by atoms with Crippen molar-refractivity contribution in [3.05, 3.63) is 81.0 Å². The van der Waals surface area contributed by atoms with Gasteiger partial charge in [0.2, 0.25) is 0 Å². The Hall–Kier alpha value is -2.59. The van der Waals surface area contributed by atoms with E-state index in [2.05, 4.69) is 38.2 Å². The van der Waals surface area contributed by atoms with Crippen molar-refractivity contribution >= 4 is 22.9 Å². The number of carbonyl (C=O) groups is 1. The van der Waals surface area contributed by atoms with Crippen LogP contribution in [0.2, 0.25) is 0 Å². The zero-order valence-electron chi connectivity index (χ0n) is 16.2. The summed E-state index contributed by atoms with van der Waals surface area (Å²) < 4.78 is 5.84. The molecule has 0 aliphatic carbocycles. The SMILES string of the molecule is Cc1ccc(NC(=O)c2cc(COc3ccc(C(C)C)cc3)cs2)cc1C. The Kier molecular flexibility index (Phi) is 5.97. The van der Waals surface area contributed by atoms with E-state index in [0.717, 1.165) is 22.6 Å². The molecule has 0 saturated carbocycles. The van der Waals surface area contributed by atoms with Crippen LogP contribution < -0.4 is 10.1 Å². The third-order valence-electron chi connectivity index (χ3n) is 4.59. The largest absolute Gasteiger partial charge is 0.489 e. The lowest BCUT2D eigenvalue weighted by molar-refractivity contribution is 0.103. The zero-order chi connectivity index (χ0) is 19.4. The van der Waals surface area contributed by atoms with Crippen molar-refractivity contribution in [1.29, 1.82) is 0 Å². The summed E-state index contributed by atoms with van der Waals surface area (Å²) in [6, 6.07) is 16.0. The molecule has 0 saturated heterocycles. The molecular weight excluding hydrogens is 354 g/mol. The van der Waals surface area contributed by atoms with Gasteiger partial charge in [0.05, 0.1) is 4.88 Å². The molecule has 0 radical (unpaired) electrons. The first kappa shape index (κ1) is 19.2. The van der Waals surface area contributed by atoms with Gasteiger partial charge < -0.3 is 10.1 Å². The van der Waals surface area contributed by atoms with Gasteiger partial charge in [0.15, 0.2) is 0 Å². The van der Waals surface area contributed by atoms with Gasteiger partial charge in [-0.05, 0) is 72.2 Å². The van der Waals surface area contributed by atoms with Crippen LogP contribution in [0.5, 0.6) is 5.75 Å². The lowest BCUT2D eigenvalue weighted by Crippen LogP contribution is -2.10. The number of benzene rings is 2. The molecule has 0 fully saturated rings. The number of hydrogen-bond donors (Lipinski definition) is 1. The molecule has 0 bridgehead atoms.